The summed E-state index contributed by atoms with van der Waals surface area (Å²) in [6.07, 6.45) is 8.55. The van der Waals surface area contributed by atoms with Crippen LogP contribution >= 0.6 is 0 Å². The summed E-state index contributed by atoms with van der Waals surface area (Å²) in [5.41, 5.74) is 2.26. The summed E-state index contributed by atoms with van der Waals surface area (Å²) in [7, 11) is 0. The molecule has 0 fully saturated rings. The highest BCUT2D eigenvalue weighted by molar-refractivity contribution is 5.38. The van der Waals surface area contributed by atoms with Crippen molar-refractivity contribution in [3.63, 3.8) is 0 Å². The number of fused-ring (bicyclic) bond motifs is 1. The molecule has 1 aliphatic rings. The first-order valence-electron chi connectivity index (χ1n) is 5.93. The molecular formula is C16H19NO. The first-order chi connectivity index (χ1) is 8.72. The normalized spacial score (nSPS) is 13.4. The van der Waals surface area contributed by atoms with E-state index >= 15 is 0 Å². The van der Waals surface area contributed by atoms with Gasteiger partial charge in [0, 0.05) is 12.1 Å². The van der Waals surface area contributed by atoms with Crippen LogP contribution in [0.15, 0.2) is 47.9 Å². The fraction of sp³-hybridized carbons (Fsp3) is 0.250. The molecule has 2 nitrogen and oxygen atoms in total. The summed E-state index contributed by atoms with van der Waals surface area (Å²) < 4.78 is 5.84. The number of para-hydroxylation sites is 1. The Hall–Kier alpha value is -2.14. The Kier molecular flexibility index (Phi) is 5.60. The standard InChI is InChI=1S/C13H15NO.C3H4/c1-3-6-12-10(2)14-9-11-7-4-5-8-13(11)15-12;1-3-2/h3-8,14H,9H2,1-2H3;1H,2H3/b6-3-;. The third-order valence-electron chi connectivity index (χ3n) is 2.42. The van der Waals surface area contributed by atoms with Crippen molar-refractivity contribution in [3.05, 3.63) is 53.4 Å². The maximum absolute atomic E-state index is 5.84. The molecular weight excluding hydrogens is 222 g/mol. The Bertz CT molecular complexity index is 492. The molecule has 0 unspecified atom stereocenters. The zero-order chi connectivity index (χ0) is 13.4. The molecule has 0 atom stereocenters. The summed E-state index contributed by atoms with van der Waals surface area (Å²) >= 11 is 0. The third-order valence-corrected chi connectivity index (χ3v) is 2.42. The van der Waals surface area contributed by atoms with E-state index in [0.717, 1.165) is 23.8 Å². The number of hydrogen-bond donors (Lipinski definition) is 1. The van der Waals surface area contributed by atoms with E-state index in [1.165, 1.54) is 5.56 Å². The van der Waals surface area contributed by atoms with Crippen LogP contribution in [0.1, 0.15) is 26.3 Å². The van der Waals surface area contributed by atoms with E-state index in [1.807, 2.05) is 44.2 Å². The van der Waals surface area contributed by atoms with Gasteiger partial charge in [0.15, 0.2) is 0 Å². The first kappa shape index (κ1) is 13.9. The largest absolute Gasteiger partial charge is 0.455 e. The molecule has 0 bridgehead atoms. The van der Waals surface area contributed by atoms with Crippen molar-refractivity contribution >= 4 is 0 Å². The minimum atomic E-state index is 0.822. The van der Waals surface area contributed by atoms with Crippen LogP contribution in [-0.2, 0) is 6.54 Å². The Balaban J connectivity index is 0.000000492. The van der Waals surface area contributed by atoms with Crippen molar-refractivity contribution in [1.82, 2.24) is 5.32 Å². The second-order valence-electron chi connectivity index (χ2n) is 3.84. The molecule has 94 valence electrons. The number of ether oxygens (including phenoxy) is 1. The molecule has 1 N–H and O–H groups in total. The van der Waals surface area contributed by atoms with E-state index in [4.69, 9.17) is 4.74 Å². The van der Waals surface area contributed by atoms with Gasteiger partial charge in [-0.3, -0.25) is 0 Å². The van der Waals surface area contributed by atoms with Crippen molar-refractivity contribution in [2.75, 3.05) is 0 Å². The molecule has 0 saturated heterocycles. The van der Waals surface area contributed by atoms with Crippen molar-refractivity contribution < 1.29 is 4.74 Å². The molecule has 0 amide bonds. The Morgan fingerprint density at radius 1 is 1.39 bits per heavy atom. The average molecular weight is 241 g/mol. The predicted octanol–water partition coefficient (Wildman–Crippen LogP) is 3.62. The number of allylic oxidation sites excluding steroid dienone is 3. The monoisotopic (exact) mass is 241 g/mol. The van der Waals surface area contributed by atoms with Crippen LogP contribution in [0.25, 0.3) is 0 Å². The summed E-state index contributed by atoms with van der Waals surface area (Å²) in [6, 6.07) is 8.10. The van der Waals surface area contributed by atoms with Gasteiger partial charge in [-0.25, -0.2) is 0 Å². The lowest BCUT2D eigenvalue weighted by Gasteiger charge is -2.07. The van der Waals surface area contributed by atoms with E-state index in [2.05, 4.69) is 23.7 Å². The smallest absolute Gasteiger partial charge is 0.145 e. The van der Waals surface area contributed by atoms with Crippen LogP contribution in [0, 0.1) is 12.3 Å². The van der Waals surface area contributed by atoms with Crippen LogP contribution < -0.4 is 10.1 Å². The number of terminal acetylenes is 1. The van der Waals surface area contributed by atoms with E-state index in [-0.39, 0.29) is 0 Å². The van der Waals surface area contributed by atoms with Crippen molar-refractivity contribution in [1.29, 1.82) is 0 Å². The maximum Gasteiger partial charge on any atom is 0.145 e. The van der Waals surface area contributed by atoms with E-state index < -0.39 is 0 Å². The lowest BCUT2D eigenvalue weighted by molar-refractivity contribution is 0.437. The van der Waals surface area contributed by atoms with Crippen molar-refractivity contribution in [3.8, 4) is 18.1 Å². The zero-order valence-electron chi connectivity index (χ0n) is 11.2. The van der Waals surface area contributed by atoms with Gasteiger partial charge >= 0.3 is 0 Å². The molecule has 1 aliphatic heterocycles. The van der Waals surface area contributed by atoms with Gasteiger partial charge in [0.05, 0.1) is 5.70 Å². The Morgan fingerprint density at radius 2 is 2.06 bits per heavy atom. The lowest BCUT2D eigenvalue weighted by Crippen LogP contribution is -2.10. The first-order valence-corrected chi connectivity index (χ1v) is 5.93. The summed E-state index contributed by atoms with van der Waals surface area (Å²) in [5, 5.41) is 3.34. The quantitative estimate of drug-likeness (QED) is 0.758. The second-order valence-corrected chi connectivity index (χ2v) is 3.84. The maximum atomic E-state index is 5.84. The minimum absolute atomic E-state index is 0.822. The van der Waals surface area contributed by atoms with Gasteiger partial charge in [0.2, 0.25) is 0 Å². The van der Waals surface area contributed by atoms with Crippen molar-refractivity contribution in [2.24, 2.45) is 0 Å². The van der Waals surface area contributed by atoms with Crippen LogP contribution in [0.2, 0.25) is 0 Å². The molecule has 0 aromatic heterocycles. The molecule has 2 heteroatoms. The topological polar surface area (TPSA) is 21.3 Å². The second kappa shape index (κ2) is 7.24. The van der Waals surface area contributed by atoms with Gasteiger partial charge in [-0.2, -0.15) is 0 Å². The molecule has 0 aliphatic carbocycles. The highest BCUT2D eigenvalue weighted by Gasteiger charge is 2.11. The summed E-state index contributed by atoms with van der Waals surface area (Å²) in [5.74, 6) is 4.08. The number of hydrogen-bond acceptors (Lipinski definition) is 2. The molecule has 1 aromatic rings. The van der Waals surface area contributed by atoms with Crippen LogP contribution in [0.5, 0.6) is 5.75 Å². The summed E-state index contributed by atoms with van der Waals surface area (Å²) in [4.78, 5) is 0. The van der Waals surface area contributed by atoms with Crippen LogP contribution in [-0.4, -0.2) is 0 Å². The van der Waals surface area contributed by atoms with Crippen molar-refractivity contribution in [2.45, 2.75) is 27.3 Å². The highest BCUT2D eigenvalue weighted by Crippen LogP contribution is 2.24. The van der Waals surface area contributed by atoms with Gasteiger partial charge in [-0.1, -0.05) is 24.3 Å². The van der Waals surface area contributed by atoms with Gasteiger partial charge in [0.25, 0.3) is 0 Å². The summed E-state index contributed by atoms with van der Waals surface area (Å²) in [6.45, 7) is 6.49. The molecule has 1 heterocycles. The average Bonchev–Trinajstić information content (AvgIpc) is 2.52. The van der Waals surface area contributed by atoms with E-state index in [1.54, 1.807) is 6.92 Å². The molecule has 2 rings (SSSR count). The van der Waals surface area contributed by atoms with Gasteiger partial charge in [0.1, 0.15) is 11.5 Å². The molecule has 18 heavy (non-hydrogen) atoms. The van der Waals surface area contributed by atoms with E-state index in [0.29, 0.717) is 0 Å². The van der Waals surface area contributed by atoms with Crippen LogP contribution in [0.4, 0.5) is 0 Å². The van der Waals surface area contributed by atoms with Gasteiger partial charge in [-0.15, -0.1) is 12.3 Å². The predicted molar refractivity (Wildman–Crippen MR) is 75.9 cm³/mol. The van der Waals surface area contributed by atoms with Gasteiger partial charge in [-0.05, 0) is 32.9 Å². The highest BCUT2D eigenvalue weighted by atomic mass is 16.5. The molecule has 1 aromatic carbocycles. The molecule has 0 radical (unpaired) electrons. The molecule has 0 spiro atoms. The van der Waals surface area contributed by atoms with Gasteiger partial charge < -0.3 is 10.1 Å². The lowest BCUT2D eigenvalue weighted by atomic mass is 10.2. The Morgan fingerprint density at radius 3 is 2.72 bits per heavy atom. The molecule has 0 saturated carbocycles. The SMILES string of the molecule is C#CC.C/C=C\C1=C(C)NCc2ccccc2O1. The number of benzene rings is 1. The number of nitrogens with one attached hydrogen (secondary N) is 1. The third kappa shape index (κ3) is 3.71. The fourth-order valence-corrected chi connectivity index (χ4v) is 1.57. The van der Waals surface area contributed by atoms with Crippen LogP contribution in [0.3, 0.4) is 0 Å². The van der Waals surface area contributed by atoms with E-state index in [9.17, 15) is 0 Å². The Labute approximate surface area is 109 Å². The zero-order valence-corrected chi connectivity index (χ0v) is 11.2. The fourth-order valence-electron chi connectivity index (χ4n) is 1.57. The number of rotatable bonds is 1. The minimum Gasteiger partial charge on any atom is -0.455 e.